The van der Waals surface area contributed by atoms with Gasteiger partial charge < -0.3 is 34.2 Å². The number of nitrogen functional groups attached to an aromatic ring is 1. The number of rotatable bonds is 10. The van der Waals surface area contributed by atoms with Gasteiger partial charge in [-0.25, -0.2) is 4.98 Å². The molecule has 0 aliphatic heterocycles. The van der Waals surface area contributed by atoms with Gasteiger partial charge >= 0.3 is 0 Å². The van der Waals surface area contributed by atoms with E-state index in [-0.39, 0.29) is 11.4 Å². The summed E-state index contributed by atoms with van der Waals surface area (Å²) in [7, 11) is 3.19. The Labute approximate surface area is 316 Å². The minimum atomic E-state index is 0.0462. The van der Waals surface area contributed by atoms with Crippen LogP contribution < -0.4 is 24.7 Å². The van der Waals surface area contributed by atoms with Gasteiger partial charge in [-0.3, -0.25) is 14.8 Å². The topological polar surface area (TPSA) is 200 Å². The Balaban J connectivity index is 0.000000178. The number of benzene rings is 4. The highest BCUT2D eigenvalue weighted by molar-refractivity contribution is 5.78. The summed E-state index contributed by atoms with van der Waals surface area (Å²) in [6.07, 6.45) is 4.01. The van der Waals surface area contributed by atoms with Gasteiger partial charge in [0.2, 0.25) is 5.89 Å². The molecule has 0 saturated carbocycles. The molecule has 0 unspecified atom stereocenters. The fourth-order valence-electron chi connectivity index (χ4n) is 4.69. The van der Waals surface area contributed by atoms with Crippen molar-refractivity contribution in [3.05, 3.63) is 150 Å². The SMILES string of the molecule is COc1ccc(COc2ccc(O)c(N)c2)nc1.COc1ccc(COc2ccc3oc(-c4cccc(C#N)c4)nc3c2)nc1.N#Cc1cccc(C=O)c1. The van der Waals surface area contributed by atoms with Crippen molar-refractivity contribution in [2.45, 2.75) is 13.2 Å². The van der Waals surface area contributed by atoms with Crippen LogP contribution in [0.1, 0.15) is 32.9 Å². The van der Waals surface area contributed by atoms with Crippen LogP contribution in [0.25, 0.3) is 22.6 Å². The standard InChI is InChI=1S/C21H15N3O3.C13H14N2O3.C8H5NO/c1-25-18-6-5-16(23-12-18)13-26-17-7-8-20-19(10-17)24-21(27-20)15-4-2-3-14(9-15)11-22;1-17-11-3-2-9(15-7-11)8-18-10-4-5-13(16)12(14)6-10;9-5-7-2-1-3-8(4-7)6-10/h2-10,12H,13H2,1H3;2-7,16H,8,14H2,1H3;1-4,6H. The number of hydrogen-bond donors (Lipinski definition) is 2. The number of aromatic nitrogens is 3. The number of anilines is 1. The van der Waals surface area contributed by atoms with E-state index in [2.05, 4.69) is 21.0 Å². The fourth-order valence-corrected chi connectivity index (χ4v) is 4.69. The molecule has 3 heterocycles. The number of pyridine rings is 2. The zero-order valence-electron chi connectivity index (χ0n) is 29.7. The largest absolute Gasteiger partial charge is 0.506 e. The monoisotopic (exact) mass is 734 g/mol. The second-order valence-corrected chi connectivity index (χ2v) is 11.4. The molecule has 0 aliphatic rings. The number of phenolic OH excluding ortho intramolecular Hbond substituents is 1. The number of oxazole rings is 1. The Hall–Kier alpha value is -7.90. The number of nitrogens with two attached hydrogens (primary N) is 1. The van der Waals surface area contributed by atoms with Crippen LogP contribution >= 0.6 is 0 Å². The van der Waals surface area contributed by atoms with Crippen molar-refractivity contribution in [3.63, 3.8) is 0 Å². The summed E-state index contributed by atoms with van der Waals surface area (Å²) < 4.78 is 27.2. The number of aromatic hydroxyl groups is 1. The summed E-state index contributed by atoms with van der Waals surface area (Å²) in [4.78, 5) is 23.1. The van der Waals surface area contributed by atoms with Crippen LogP contribution in [-0.2, 0) is 13.2 Å². The molecule has 0 spiro atoms. The van der Waals surface area contributed by atoms with Crippen LogP contribution in [0, 0.1) is 22.7 Å². The van der Waals surface area contributed by atoms with E-state index in [4.69, 9.17) is 39.6 Å². The van der Waals surface area contributed by atoms with Gasteiger partial charge in [-0.2, -0.15) is 10.5 Å². The molecule has 4 aromatic carbocycles. The molecule has 0 amide bonds. The van der Waals surface area contributed by atoms with Gasteiger partial charge in [0.1, 0.15) is 53.8 Å². The third-order valence-electron chi connectivity index (χ3n) is 7.59. The molecule has 3 N–H and O–H groups in total. The summed E-state index contributed by atoms with van der Waals surface area (Å²) in [5.74, 6) is 3.18. The Bertz CT molecular complexity index is 2440. The minimum Gasteiger partial charge on any atom is -0.506 e. The molecule has 0 bridgehead atoms. The molecule has 0 aliphatic carbocycles. The number of ether oxygens (including phenoxy) is 4. The number of hydrogen-bond acceptors (Lipinski definition) is 13. The van der Waals surface area contributed by atoms with Gasteiger partial charge in [0.05, 0.1) is 67.0 Å². The van der Waals surface area contributed by atoms with E-state index in [0.717, 1.165) is 23.2 Å². The number of carbonyl (C=O) groups excluding carboxylic acids is 1. The minimum absolute atomic E-state index is 0.0462. The second-order valence-electron chi connectivity index (χ2n) is 11.4. The third-order valence-corrected chi connectivity index (χ3v) is 7.59. The van der Waals surface area contributed by atoms with E-state index in [0.29, 0.717) is 69.9 Å². The molecule has 0 radical (unpaired) electrons. The van der Waals surface area contributed by atoms with Gasteiger partial charge in [0.25, 0.3) is 0 Å². The Kier molecular flexibility index (Phi) is 13.3. The predicted molar refractivity (Wildman–Crippen MR) is 203 cm³/mol. The first-order chi connectivity index (χ1) is 26.8. The molecular weight excluding hydrogens is 700 g/mol. The van der Waals surface area contributed by atoms with Crippen molar-refractivity contribution in [2.75, 3.05) is 20.0 Å². The number of fused-ring (bicyclic) bond motifs is 1. The number of phenols is 1. The summed E-state index contributed by atoms with van der Waals surface area (Å²) >= 11 is 0. The first kappa shape index (κ1) is 38.3. The summed E-state index contributed by atoms with van der Waals surface area (Å²) in [5, 5.41) is 26.7. The molecule has 0 atom stereocenters. The van der Waals surface area contributed by atoms with Gasteiger partial charge in [-0.05, 0) is 78.9 Å². The molecule has 7 aromatic rings. The van der Waals surface area contributed by atoms with Gasteiger partial charge in [-0.1, -0.05) is 18.2 Å². The Morgan fingerprint density at radius 3 is 1.87 bits per heavy atom. The second kappa shape index (κ2) is 19.1. The maximum atomic E-state index is 10.2. The van der Waals surface area contributed by atoms with Crippen LogP contribution in [0.3, 0.4) is 0 Å². The van der Waals surface area contributed by atoms with Crippen LogP contribution in [0.5, 0.6) is 28.7 Å². The van der Waals surface area contributed by atoms with Crippen molar-refractivity contribution in [2.24, 2.45) is 0 Å². The smallest absolute Gasteiger partial charge is 0.227 e. The zero-order chi connectivity index (χ0) is 39.0. The summed E-state index contributed by atoms with van der Waals surface area (Å²) in [6, 6.07) is 35.3. The Morgan fingerprint density at radius 2 is 1.31 bits per heavy atom. The maximum absolute atomic E-state index is 10.2. The van der Waals surface area contributed by atoms with E-state index in [1.165, 1.54) is 6.07 Å². The highest BCUT2D eigenvalue weighted by atomic mass is 16.5. The molecule has 7 rings (SSSR count). The van der Waals surface area contributed by atoms with E-state index >= 15 is 0 Å². The third kappa shape index (κ3) is 11.0. The molecule has 0 saturated heterocycles. The average Bonchev–Trinajstić information content (AvgIpc) is 3.68. The molecule has 274 valence electrons. The van der Waals surface area contributed by atoms with Crippen LogP contribution in [-0.4, -0.2) is 40.6 Å². The molecule has 55 heavy (non-hydrogen) atoms. The average molecular weight is 735 g/mol. The number of nitriles is 2. The van der Waals surface area contributed by atoms with Crippen LogP contribution in [0.2, 0.25) is 0 Å². The molecule has 0 fully saturated rings. The van der Waals surface area contributed by atoms with Gasteiger partial charge in [-0.15, -0.1) is 0 Å². The number of carbonyl (C=O) groups is 1. The van der Waals surface area contributed by atoms with Crippen molar-refractivity contribution in [3.8, 4) is 52.3 Å². The highest BCUT2D eigenvalue weighted by Crippen LogP contribution is 2.28. The quantitative estimate of drug-likeness (QED) is 0.0788. The normalized spacial score (nSPS) is 9.96. The molecule has 13 heteroatoms. The number of aldehydes is 1. The van der Waals surface area contributed by atoms with Crippen molar-refractivity contribution in [1.29, 1.82) is 10.5 Å². The maximum Gasteiger partial charge on any atom is 0.227 e. The number of methoxy groups -OCH3 is 2. The van der Waals surface area contributed by atoms with E-state index in [1.54, 1.807) is 81.2 Å². The van der Waals surface area contributed by atoms with Gasteiger partial charge in [0, 0.05) is 23.3 Å². The lowest BCUT2D eigenvalue weighted by molar-refractivity contribution is 0.112. The molecule has 13 nitrogen and oxygen atoms in total. The predicted octanol–water partition coefficient (Wildman–Crippen LogP) is 7.68. The summed E-state index contributed by atoms with van der Waals surface area (Å²) in [6.45, 7) is 0.665. The molecule has 3 aromatic heterocycles. The van der Waals surface area contributed by atoms with Crippen molar-refractivity contribution < 1.29 is 33.3 Å². The van der Waals surface area contributed by atoms with Crippen molar-refractivity contribution in [1.82, 2.24) is 15.0 Å². The lowest BCUT2D eigenvalue weighted by atomic mass is 10.1. The summed E-state index contributed by atoms with van der Waals surface area (Å²) in [5.41, 5.74) is 11.2. The van der Waals surface area contributed by atoms with Gasteiger partial charge in [0.15, 0.2) is 5.58 Å². The lowest BCUT2D eigenvalue weighted by Gasteiger charge is -2.07. The molecular formula is C42H34N6O7. The lowest BCUT2D eigenvalue weighted by Crippen LogP contribution is -1.99. The van der Waals surface area contributed by atoms with E-state index in [1.807, 2.05) is 54.6 Å². The van der Waals surface area contributed by atoms with Crippen LogP contribution in [0.15, 0.2) is 126 Å². The van der Waals surface area contributed by atoms with E-state index in [9.17, 15) is 9.90 Å². The highest BCUT2D eigenvalue weighted by Gasteiger charge is 2.10. The fraction of sp³-hybridized carbons (Fsp3) is 0.0952. The first-order valence-corrected chi connectivity index (χ1v) is 16.5. The van der Waals surface area contributed by atoms with E-state index < -0.39 is 0 Å². The zero-order valence-corrected chi connectivity index (χ0v) is 29.7. The first-order valence-electron chi connectivity index (χ1n) is 16.5. The number of nitrogens with zero attached hydrogens (tertiary/aromatic N) is 5. The van der Waals surface area contributed by atoms with Crippen LogP contribution in [0.4, 0.5) is 5.69 Å². The Morgan fingerprint density at radius 1 is 0.727 bits per heavy atom. The van der Waals surface area contributed by atoms with Crippen molar-refractivity contribution >= 4 is 23.1 Å².